The summed E-state index contributed by atoms with van der Waals surface area (Å²) in [5, 5.41) is 12.3. The van der Waals surface area contributed by atoms with Crippen LogP contribution in [0.25, 0.3) is 22.5 Å². The van der Waals surface area contributed by atoms with Crippen molar-refractivity contribution in [1.82, 2.24) is 9.97 Å². The normalized spacial score (nSPS) is 10.5. The van der Waals surface area contributed by atoms with Gasteiger partial charge in [0, 0.05) is 11.1 Å². The molecule has 0 aliphatic rings. The molecule has 4 rings (SSSR count). The van der Waals surface area contributed by atoms with Crippen molar-refractivity contribution in [2.24, 2.45) is 0 Å². The number of hydrogen-bond donors (Lipinski definition) is 2. The van der Waals surface area contributed by atoms with Gasteiger partial charge in [0.05, 0.1) is 25.4 Å². The van der Waals surface area contributed by atoms with Crippen LogP contribution in [-0.2, 0) is 11.2 Å². The average molecular weight is 411 g/mol. The number of aromatic nitrogens is 2. The molecule has 1 amide bonds. The molecule has 0 radical (unpaired) electrons. The van der Waals surface area contributed by atoms with Crippen LogP contribution in [0, 0.1) is 0 Å². The maximum Gasteiger partial charge on any atom is 0.230 e. The number of phenols is 1. The van der Waals surface area contributed by atoms with Gasteiger partial charge in [-0.15, -0.1) is 0 Å². The zero-order valence-corrected chi connectivity index (χ0v) is 16.9. The van der Waals surface area contributed by atoms with Crippen molar-refractivity contribution in [2.45, 2.75) is 6.42 Å². The van der Waals surface area contributed by atoms with Gasteiger partial charge < -0.3 is 15.2 Å². The molecule has 3 aromatic carbocycles. The molecule has 0 aliphatic heterocycles. The Morgan fingerprint density at radius 1 is 0.935 bits per heavy atom. The standard InChI is InChI=1S/C25H21N3O3/c1-31-21-13-9-18(10-14-21)22-16-26-25(24(27-22)19-5-3-2-4-6-19)28-23(30)15-17-7-11-20(29)12-8-17/h2-14,16,29H,15H2,1H3,(H,26,28,30). The fourth-order valence-corrected chi connectivity index (χ4v) is 3.15. The number of amides is 1. The minimum absolute atomic E-state index is 0.163. The lowest BCUT2D eigenvalue weighted by Crippen LogP contribution is -2.16. The lowest BCUT2D eigenvalue weighted by atomic mass is 10.1. The summed E-state index contributed by atoms with van der Waals surface area (Å²) in [6.45, 7) is 0. The first-order valence-electron chi connectivity index (χ1n) is 9.77. The SMILES string of the molecule is COc1ccc(-c2cnc(NC(=O)Cc3ccc(O)cc3)c(-c3ccccc3)n2)cc1. The van der Waals surface area contributed by atoms with Crippen LogP contribution in [-0.4, -0.2) is 28.1 Å². The first kappa shape index (κ1) is 20.1. The highest BCUT2D eigenvalue weighted by molar-refractivity contribution is 5.94. The largest absolute Gasteiger partial charge is 0.508 e. The molecule has 0 saturated heterocycles. The van der Waals surface area contributed by atoms with Crippen LogP contribution in [0.2, 0.25) is 0 Å². The summed E-state index contributed by atoms with van der Waals surface area (Å²) in [6.07, 6.45) is 1.81. The summed E-state index contributed by atoms with van der Waals surface area (Å²) >= 11 is 0. The Bertz CT molecular complexity index is 1180. The zero-order chi connectivity index (χ0) is 21.6. The first-order chi connectivity index (χ1) is 15.1. The molecule has 0 saturated carbocycles. The number of anilines is 1. The molecule has 4 aromatic rings. The minimum Gasteiger partial charge on any atom is -0.508 e. The molecule has 0 fully saturated rings. The van der Waals surface area contributed by atoms with Crippen molar-refractivity contribution < 1.29 is 14.6 Å². The molecule has 6 nitrogen and oxygen atoms in total. The van der Waals surface area contributed by atoms with Gasteiger partial charge in [-0.05, 0) is 42.0 Å². The van der Waals surface area contributed by atoms with Crippen molar-refractivity contribution in [3.05, 3.63) is 90.6 Å². The van der Waals surface area contributed by atoms with Crippen LogP contribution in [0.4, 0.5) is 5.82 Å². The molecule has 31 heavy (non-hydrogen) atoms. The quantitative estimate of drug-likeness (QED) is 0.480. The maximum atomic E-state index is 12.6. The maximum absolute atomic E-state index is 12.6. The zero-order valence-electron chi connectivity index (χ0n) is 16.9. The Kier molecular flexibility index (Phi) is 5.89. The number of benzene rings is 3. The van der Waals surface area contributed by atoms with E-state index in [1.807, 2.05) is 54.6 Å². The van der Waals surface area contributed by atoms with Crippen LogP contribution in [0.1, 0.15) is 5.56 Å². The van der Waals surface area contributed by atoms with Crippen molar-refractivity contribution in [3.63, 3.8) is 0 Å². The molecule has 1 aromatic heterocycles. The van der Waals surface area contributed by atoms with E-state index in [0.717, 1.165) is 22.4 Å². The lowest BCUT2D eigenvalue weighted by molar-refractivity contribution is -0.115. The van der Waals surface area contributed by atoms with Crippen LogP contribution in [0.3, 0.4) is 0 Å². The van der Waals surface area contributed by atoms with Crippen molar-refractivity contribution >= 4 is 11.7 Å². The highest BCUT2D eigenvalue weighted by atomic mass is 16.5. The number of carbonyl (C=O) groups excluding carboxylic acids is 1. The number of rotatable bonds is 6. The molecule has 0 aliphatic carbocycles. The van der Waals surface area contributed by atoms with E-state index in [9.17, 15) is 9.90 Å². The number of methoxy groups -OCH3 is 1. The van der Waals surface area contributed by atoms with E-state index in [0.29, 0.717) is 17.2 Å². The molecule has 6 heteroatoms. The third-order valence-electron chi connectivity index (χ3n) is 4.76. The topological polar surface area (TPSA) is 84.3 Å². The summed E-state index contributed by atoms with van der Waals surface area (Å²) in [5.41, 5.74) is 3.82. The first-order valence-corrected chi connectivity index (χ1v) is 9.77. The molecule has 2 N–H and O–H groups in total. The van der Waals surface area contributed by atoms with Gasteiger partial charge in [-0.25, -0.2) is 9.97 Å². The third kappa shape index (κ3) is 4.87. The fraction of sp³-hybridized carbons (Fsp3) is 0.0800. The Hall–Kier alpha value is -4.19. The minimum atomic E-state index is -0.214. The van der Waals surface area contributed by atoms with E-state index in [2.05, 4.69) is 10.3 Å². The van der Waals surface area contributed by atoms with Crippen LogP contribution in [0.15, 0.2) is 85.1 Å². The van der Waals surface area contributed by atoms with Gasteiger partial charge in [-0.1, -0.05) is 42.5 Å². The van der Waals surface area contributed by atoms with E-state index in [4.69, 9.17) is 9.72 Å². The number of phenolic OH excluding ortho intramolecular Hbond substituents is 1. The number of nitrogens with zero attached hydrogens (tertiary/aromatic N) is 2. The van der Waals surface area contributed by atoms with Crippen LogP contribution >= 0.6 is 0 Å². The van der Waals surface area contributed by atoms with Crippen molar-refractivity contribution in [2.75, 3.05) is 12.4 Å². The van der Waals surface area contributed by atoms with E-state index in [1.54, 1.807) is 37.6 Å². The second-order valence-electron chi connectivity index (χ2n) is 6.94. The Morgan fingerprint density at radius 2 is 1.65 bits per heavy atom. The summed E-state index contributed by atoms with van der Waals surface area (Å²) in [7, 11) is 1.62. The van der Waals surface area contributed by atoms with Crippen molar-refractivity contribution in [1.29, 1.82) is 0 Å². The van der Waals surface area contributed by atoms with Crippen molar-refractivity contribution in [3.8, 4) is 34.0 Å². The van der Waals surface area contributed by atoms with E-state index >= 15 is 0 Å². The third-order valence-corrected chi connectivity index (χ3v) is 4.76. The summed E-state index contributed by atoms with van der Waals surface area (Å²) < 4.78 is 5.22. The van der Waals surface area contributed by atoms with Crippen LogP contribution < -0.4 is 10.1 Å². The Labute approximate surface area is 180 Å². The number of ether oxygens (including phenoxy) is 1. The Morgan fingerprint density at radius 3 is 2.32 bits per heavy atom. The predicted molar refractivity (Wildman–Crippen MR) is 120 cm³/mol. The number of aromatic hydroxyl groups is 1. The van der Waals surface area contributed by atoms with E-state index in [-0.39, 0.29) is 18.1 Å². The van der Waals surface area contributed by atoms with Gasteiger partial charge in [0.25, 0.3) is 0 Å². The van der Waals surface area contributed by atoms with Crippen LogP contribution in [0.5, 0.6) is 11.5 Å². The molecular formula is C25H21N3O3. The van der Waals surface area contributed by atoms with Gasteiger partial charge in [-0.3, -0.25) is 4.79 Å². The highest BCUT2D eigenvalue weighted by Crippen LogP contribution is 2.28. The number of carbonyl (C=O) groups is 1. The summed E-state index contributed by atoms with van der Waals surface area (Å²) in [6, 6.07) is 23.7. The summed E-state index contributed by atoms with van der Waals surface area (Å²) in [5.74, 6) is 1.11. The molecule has 0 atom stereocenters. The smallest absolute Gasteiger partial charge is 0.230 e. The Balaban J connectivity index is 1.64. The molecular weight excluding hydrogens is 390 g/mol. The van der Waals surface area contributed by atoms with E-state index < -0.39 is 0 Å². The highest BCUT2D eigenvalue weighted by Gasteiger charge is 2.14. The van der Waals surface area contributed by atoms with Gasteiger partial charge in [0.1, 0.15) is 17.2 Å². The monoisotopic (exact) mass is 411 g/mol. The van der Waals surface area contributed by atoms with Gasteiger partial charge in [-0.2, -0.15) is 0 Å². The summed E-state index contributed by atoms with van der Waals surface area (Å²) in [4.78, 5) is 21.9. The molecule has 0 spiro atoms. The molecule has 0 unspecified atom stereocenters. The fourth-order valence-electron chi connectivity index (χ4n) is 3.15. The van der Waals surface area contributed by atoms with Gasteiger partial charge >= 0.3 is 0 Å². The molecule has 0 bridgehead atoms. The molecule has 154 valence electrons. The predicted octanol–water partition coefficient (Wildman–Crippen LogP) is 4.71. The second kappa shape index (κ2) is 9.09. The second-order valence-corrected chi connectivity index (χ2v) is 6.94. The number of nitrogens with one attached hydrogen (secondary N) is 1. The number of hydrogen-bond acceptors (Lipinski definition) is 5. The molecule has 1 heterocycles. The lowest BCUT2D eigenvalue weighted by Gasteiger charge is -2.12. The van der Waals surface area contributed by atoms with E-state index in [1.165, 1.54) is 0 Å². The van der Waals surface area contributed by atoms with Gasteiger partial charge in [0.2, 0.25) is 5.91 Å². The average Bonchev–Trinajstić information content (AvgIpc) is 2.81. The van der Waals surface area contributed by atoms with Gasteiger partial charge in [0.15, 0.2) is 5.82 Å².